The number of aliphatic carboxylic acids is 2. The molecule has 0 bridgehead atoms. The average Bonchev–Trinajstić information content (AvgIpc) is 3.13. The molecular formula is C21H22F6N8O4. The van der Waals surface area contributed by atoms with Crippen LogP contribution in [-0.2, 0) is 35.8 Å². The fourth-order valence-corrected chi connectivity index (χ4v) is 3.03. The summed E-state index contributed by atoms with van der Waals surface area (Å²) in [4.78, 5) is 32.8. The molecule has 3 aromatic heterocycles. The number of hydrogen-bond donors (Lipinski definition) is 3. The van der Waals surface area contributed by atoms with Crippen molar-refractivity contribution in [2.75, 3.05) is 11.9 Å². The molecule has 0 unspecified atom stereocenters. The van der Waals surface area contributed by atoms with Gasteiger partial charge in [-0.05, 0) is 24.1 Å². The van der Waals surface area contributed by atoms with Crippen LogP contribution in [0.5, 0.6) is 0 Å². The summed E-state index contributed by atoms with van der Waals surface area (Å²) in [5.74, 6) is -4.91. The number of halogens is 6. The van der Waals surface area contributed by atoms with E-state index in [9.17, 15) is 26.3 Å². The van der Waals surface area contributed by atoms with Crippen LogP contribution in [0.15, 0.2) is 43.0 Å². The lowest BCUT2D eigenvalue weighted by molar-refractivity contribution is -0.193. The summed E-state index contributed by atoms with van der Waals surface area (Å²) in [6.45, 7) is 4.21. The predicted octanol–water partition coefficient (Wildman–Crippen LogP) is 2.75. The highest BCUT2D eigenvalue weighted by Gasteiger charge is 2.38. The van der Waals surface area contributed by atoms with Gasteiger partial charge in [0.25, 0.3) is 0 Å². The van der Waals surface area contributed by atoms with E-state index in [0.717, 1.165) is 44.0 Å². The van der Waals surface area contributed by atoms with E-state index in [4.69, 9.17) is 19.8 Å². The number of anilines is 1. The normalized spacial score (nSPS) is 13.5. The van der Waals surface area contributed by atoms with Gasteiger partial charge >= 0.3 is 24.3 Å². The van der Waals surface area contributed by atoms with Crippen molar-refractivity contribution >= 4 is 17.9 Å². The molecule has 39 heavy (non-hydrogen) atoms. The van der Waals surface area contributed by atoms with Gasteiger partial charge in [0, 0.05) is 51.0 Å². The Morgan fingerprint density at radius 1 is 0.949 bits per heavy atom. The van der Waals surface area contributed by atoms with Crippen LogP contribution in [-0.4, -0.2) is 75.9 Å². The first-order valence-corrected chi connectivity index (χ1v) is 10.9. The zero-order valence-corrected chi connectivity index (χ0v) is 19.9. The molecule has 1 aliphatic heterocycles. The number of hydrogen-bond acceptors (Lipinski definition) is 9. The molecule has 0 radical (unpaired) electrons. The lowest BCUT2D eigenvalue weighted by Gasteiger charge is -2.19. The van der Waals surface area contributed by atoms with Crippen LogP contribution in [0, 0.1) is 0 Å². The molecule has 4 heterocycles. The second-order valence-electron chi connectivity index (χ2n) is 7.66. The average molecular weight is 564 g/mol. The minimum Gasteiger partial charge on any atom is -0.475 e. The summed E-state index contributed by atoms with van der Waals surface area (Å²) >= 11 is 0. The van der Waals surface area contributed by atoms with Gasteiger partial charge in [-0.1, -0.05) is 11.3 Å². The van der Waals surface area contributed by atoms with Crippen LogP contribution >= 0.6 is 0 Å². The number of aryl methyl sites for hydroxylation is 1. The number of fused-ring (bicyclic) bond motifs is 1. The number of alkyl halides is 6. The number of carbonyl (C=O) groups is 2. The molecule has 3 aromatic rings. The lowest BCUT2D eigenvalue weighted by atomic mass is 10.2. The van der Waals surface area contributed by atoms with E-state index >= 15 is 0 Å². The second-order valence-corrected chi connectivity index (χ2v) is 7.66. The fourth-order valence-electron chi connectivity index (χ4n) is 3.03. The van der Waals surface area contributed by atoms with Crippen LogP contribution in [0.1, 0.15) is 23.4 Å². The Morgan fingerprint density at radius 3 is 2.10 bits per heavy atom. The molecule has 18 heteroatoms. The molecule has 0 atom stereocenters. The fraction of sp³-hybridized carbons (Fsp3) is 0.381. The highest BCUT2D eigenvalue weighted by atomic mass is 19.4. The maximum Gasteiger partial charge on any atom is 0.490 e. The largest absolute Gasteiger partial charge is 0.490 e. The molecular weight excluding hydrogens is 542 g/mol. The third-order valence-electron chi connectivity index (χ3n) is 4.73. The van der Waals surface area contributed by atoms with Gasteiger partial charge in [0.1, 0.15) is 5.69 Å². The van der Waals surface area contributed by atoms with Crippen LogP contribution in [0.25, 0.3) is 0 Å². The maximum absolute atomic E-state index is 10.6. The summed E-state index contributed by atoms with van der Waals surface area (Å²) in [5.41, 5.74) is 3.33. The Morgan fingerprint density at radius 2 is 1.56 bits per heavy atom. The van der Waals surface area contributed by atoms with Crippen molar-refractivity contribution in [3.8, 4) is 0 Å². The molecule has 4 rings (SSSR count). The second kappa shape index (κ2) is 14.0. The third-order valence-corrected chi connectivity index (χ3v) is 4.73. The topological polar surface area (TPSA) is 159 Å². The van der Waals surface area contributed by atoms with Crippen molar-refractivity contribution in [3.63, 3.8) is 0 Å². The number of carboxylic acid groups (broad SMARTS) is 2. The van der Waals surface area contributed by atoms with Crippen molar-refractivity contribution in [3.05, 3.63) is 59.9 Å². The summed E-state index contributed by atoms with van der Waals surface area (Å²) in [7, 11) is 0. The van der Waals surface area contributed by atoms with Crippen molar-refractivity contribution in [2.24, 2.45) is 0 Å². The first-order valence-electron chi connectivity index (χ1n) is 10.9. The van der Waals surface area contributed by atoms with Crippen molar-refractivity contribution in [1.82, 2.24) is 34.8 Å². The first-order chi connectivity index (χ1) is 18.3. The highest BCUT2D eigenvalue weighted by molar-refractivity contribution is 5.73. The van der Waals surface area contributed by atoms with E-state index in [1.165, 1.54) is 5.56 Å². The monoisotopic (exact) mass is 564 g/mol. The minimum atomic E-state index is -5.08. The quantitative estimate of drug-likeness (QED) is 0.391. The lowest BCUT2D eigenvalue weighted by Crippen LogP contribution is -2.23. The van der Waals surface area contributed by atoms with Crippen molar-refractivity contribution < 1.29 is 46.1 Å². The number of carboxylic acids is 2. The molecule has 0 spiro atoms. The molecule has 0 saturated carbocycles. The van der Waals surface area contributed by atoms with Crippen molar-refractivity contribution in [1.29, 1.82) is 0 Å². The van der Waals surface area contributed by atoms with E-state index in [2.05, 4.69) is 41.5 Å². The summed E-state index contributed by atoms with van der Waals surface area (Å²) in [5, 5.41) is 26.1. The Hall–Kier alpha value is -4.35. The summed E-state index contributed by atoms with van der Waals surface area (Å²) < 4.78 is 65.5. The molecule has 1 aliphatic rings. The molecule has 212 valence electrons. The van der Waals surface area contributed by atoms with Gasteiger partial charge in [0.15, 0.2) is 0 Å². The van der Waals surface area contributed by atoms with Crippen LogP contribution < -0.4 is 5.32 Å². The summed E-state index contributed by atoms with van der Waals surface area (Å²) in [6.07, 6.45) is -1.94. The third kappa shape index (κ3) is 10.9. The molecule has 0 aromatic carbocycles. The molecule has 0 saturated heterocycles. The van der Waals surface area contributed by atoms with Crippen molar-refractivity contribution in [2.45, 2.75) is 45.0 Å². The highest BCUT2D eigenvalue weighted by Crippen LogP contribution is 2.17. The summed E-state index contributed by atoms with van der Waals surface area (Å²) in [6, 6.07) is 5.89. The van der Waals surface area contributed by atoms with Gasteiger partial charge in [-0.15, -0.1) is 5.10 Å². The van der Waals surface area contributed by atoms with E-state index in [1.807, 2.05) is 16.9 Å². The van der Waals surface area contributed by atoms with Gasteiger partial charge in [0.2, 0.25) is 5.95 Å². The zero-order chi connectivity index (χ0) is 29.1. The Bertz CT molecular complexity index is 1170. The minimum absolute atomic E-state index is 0.570. The number of nitrogens with one attached hydrogen (secondary N) is 1. The standard InChI is InChI=1S/C17H20N8.2C2HF3O2/c1-4-14(10-18-5-1)12-24-8-3-9-25-16(13-24)15(22-23-25)11-21-17-19-6-2-7-20-17;2*3-2(4,5)1(6)7/h1-2,4-7,10H,3,8-9,11-13H2,(H,19,20,21);2*(H,6,7). The number of nitrogens with zero attached hydrogens (tertiary/aromatic N) is 7. The number of pyridine rings is 1. The SMILES string of the molecule is O=C(O)C(F)(F)F.O=C(O)C(F)(F)F.c1cnc(NCc2nnn3c2CN(Cc2cccnc2)CCC3)nc1. The van der Waals surface area contributed by atoms with Gasteiger partial charge in [-0.2, -0.15) is 26.3 Å². The van der Waals surface area contributed by atoms with E-state index in [0.29, 0.717) is 12.5 Å². The Kier molecular flexibility index (Phi) is 11.1. The molecule has 0 aliphatic carbocycles. The van der Waals surface area contributed by atoms with Gasteiger partial charge < -0.3 is 15.5 Å². The molecule has 12 nitrogen and oxygen atoms in total. The van der Waals surface area contributed by atoms with Gasteiger partial charge in [-0.25, -0.2) is 24.2 Å². The first kappa shape index (κ1) is 30.9. The number of aromatic nitrogens is 6. The molecule has 0 amide bonds. The zero-order valence-electron chi connectivity index (χ0n) is 19.9. The smallest absolute Gasteiger partial charge is 0.475 e. The van der Waals surface area contributed by atoms with Gasteiger partial charge in [-0.3, -0.25) is 9.88 Å². The van der Waals surface area contributed by atoms with Crippen LogP contribution in [0.3, 0.4) is 0 Å². The Labute approximate surface area is 216 Å². The Balaban J connectivity index is 0.000000317. The van der Waals surface area contributed by atoms with Crippen LogP contribution in [0.2, 0.25) is 0 Å². The van der Waals surface area contributed by atoms with E-state index < -0.39 is 24.3 Å². The van der Waals surface area contributed by atoms with Crippen LogP contribution in [0.4, 0.5) is 32.3 Å². The predicted molar refractivity (Wildman–Crippen MR) is 120 cm³/mol. The number of rotatable bonds is 5. The van der Waals surface area contributed by atoms with Gasteiger partial charge in [0.05, 0.1) is 12.2 Å². The van der Waals surface area contributed by atoms with E-state index in [1.54, 1.807) is 24.7 Å². The molecule has 0 fully saturated rings. The van der Waals surface area contributed by atoms with E-state index in [-0.39, 0.29) is 0 Å². The maximum atomic E-state index is 10.6. The molecule has 3 N–H and O–H groups in total.